The molecular formula is C18H19ClN4O4. The Morgan fingerprint density at radius 3 is 2.56 bits per heavy atom. The lowest BCUT2D eigenvalue weighted by atomic mass is 10.1. The van der Waals surface area contributed by atoms with Crippen LogP contribution in [0.4, 0.5) is 0 Å². The quantitative estimate of drug-likeness (QED) is 0.489. The van der Waals surface area contributed by atoms with Gasteiger partial charge in [0.2, 0.25) is 5.28 Å². The van der Waals surface area contributed by atoms with Gasteiger partial charge in [0.1, 0.15) is 5.75 Å². The van der Waals surface area contributed by atoms with Crippen LogP contribution in [0.2, 0.25) is 5.28 Å². The van der Waals surface area contributed by atoms with E-state index in [0.717, 1.165) is 4.57 Å². The molecule has 0 aliphatic heterocycles. The number of rotatable bonds is 5. The van der Waals surface area contributed by atoms with Gasteiger partial charge in [0.15, 0.2) is 16.9 Å². The molecule has 0 aliphatic carbocycles. The number of fused-ring (bicyclic) bond motifs is 1. The van der Waals surface area contributed by atoms with Crippen LogP contribution < -0.4 is 16.0 Å². The number of aromatic nitrogens is 4. The third kappa shape index (κ3) is 3.16. The van der Waals surface area contributed by atoms with Gasteiger partial charge in [-0.05, 0) is 43.6 Å². The summed E-state index contributed by atoms with van der Waals surface area (Å²) < 4.78 is 9.44. The maximum absolute atomic E-state index is 12.7. The second-order valence-electron chi connectivity index (χ2n) is 6.16. The fourth-order valence-electron chi connectivity index (χ4n) is 2.95. The fourth-order valence-corrected chi connectivity index (χ4v) is 3.18. The number of hydrogen-bond acceptors (Lipinski definition) is 5. The molecule has 142 valence electrons. The molecule has 2 aromatic heterocycles. The molecule has 27 heavy (non-hydrogen) atoms. The van der Waals surface area contributed by atoms with Crippen LogP contribution in [0.1, 0.15) is 29.8 Å². The summed E-state index contributed by atoms with van der Waals surface area (Å²) >= 11 is 6.28. The van der Waals surface area contributed by atoms with E-state index in [9.17, 15) is 14.4 Å². The van der Waals surface area contributed by atoms with Crippen LogP contribution in [0, 0.1) is 0 Å². The predicted molar refractivity (Wildman–Crippen MR) is 102 cm³/mol. The van der Waals surface area contributed by atoms with Crippen molar-refractivity contribution in [1.29, 1.82) is 0 Å². The van der Waals surface area contributed by atoms with E-state index in [2.05, 4.69) is 4.98 Å². The number of ketones is 1. The van der Waals surface area contributed by atoms with Gasteiger partial charge in [0.25, 0.3) is 5.56 Å². The summed E-state index contributed by atoms with van der Waals surface area (Å²) in [7, 11) is 2.93. The van der Waals surface area contributed by atoms with Crippen LogP contribution in [0.3, 0.4) is 0 Å². The van der Waals surface area contributed by atoms with E-state index in [0.29, 0.717) is 23.5 Å². The number of carbonyl (C=O) groups excluding carboxylic acids is 1. The smallest absolute Gasteiger partial charge is 0.332 e. The highest BCUT2D eigenvalue weighted by Crippen LogP contribution is 2.25. The second kappa shape index (κ2) is 7.03. The molecule has 2 heterocycles. The standard InChI is InChI=1S/C18H19ClN4O4/c1-5-27-13-7-6-11(10(2)24)8-12(13)9-23-14-15(20-17(23)19)21(3)18(26)22(4)16(14)25/h6-8H,5,9H2,1-4H3. The zero-order valence-electron chi connectivity index (χ0n) is 15.4. The van der Waals surface area contributed by atoms with E-state index in [1.807, 2.05) is 6.92 Å². The molecule has 0 radical (unpaired) electrons. The zero-order chi connectivity index (χ0) is 19.9. The fraction of sp³-hybridized carbons (Fsp3) is 0.333. The van der Waals surface area contributed by atoms with Gasteiger partial charge in [-0.3, -0.25) is 18.7 Å². The number of Topliss-reactive ketones (excluding diaryl/α,β-unsaturated/α-hetero) is 1. The first-order chi connectivity index (χ1) is 12.8. The molecule has 0 unspecified atom stereocenters. The summed E-state index contributed by atoms with van der Waals surface area (Å²) in [6.07, 6.45) is 0. The second-order valence-corrected chi connectivity index (χ2v) is 6.49. The van der Waals surface area contributed by atoms with Gasteiger partial charge in [-0.1, -0.05) is 0 Å². The van der Waals surface area contributed by atoms with Gasteiger partial charge in [-0.25, -0.2) is 4.79 Å². The molecule has 0 saturated carbocycles. The van der Waals surface area contributed by atoms with Crippen LogP contribution in [-0.2, 0) is 20.6 Å². The largest absolute Gasteiger partial charge is 0.494 e. The molecule has 0 N–H and O–H groups in total. The highest BCUT2D eigenvalue weighted by Gasteiger charge is 2.19. The molecule has 0 bridgehead atoms. The van der Waals surface area contributed by atoms with Crippen molar-refractivity contribution in [2.75, 3.05) is 6.61 Å². The predicted octanol–water partition coefficient (Wildman–Crippen LogP) is 1.74. The number of carbonyl (C=O) groups is 1. The number of imidazole rings is 1. The maximum Gasteiger partial charge on any atom is 0.332 e. The van der Waals surface area contributed by atoms with Crippen molar-refractivity contribution in [1.82, 2.24) is 18.7 Å². The molecule has 8 nitrogen and oxygen atoms in total. The van der Waals surface area contributed by atoms with Gasteiger partial charge in [0, 0.05) is 25.2 Å². The minimum atomic E-state index is -0.492. The lowest BCUT2D eigenvalue weighted by molar-refractivity contribution is 0.101. The summed E-state index contributed by atoms with van der Waals surface area (Å²) in [6.45, 7) is 3.94. The Balaban J connectivity index is 2.25. The maximum atomic E-state index is 12.7. The molecule has 0 fully saturated rings. The summed E-state index contributed by atoms with van der Waals surface area (Å²) in [4.78, 5) is 40.7. The lowest BCUT2D eigenvalue weighted by Crippen LogP contribution is -2.37. The molecule has 0 saturated heterocycles. The third-order valence-corrected chi connectivity index (χ3v) is 4.69. The van der Waals surface area contributed by atoms with Crippen LogP contribution in [-0.4, -0.2) is 31.1 Å². The van der Waals surface area contributed by atoms with E-state index in [4.69, 9.17) is 16.3 Å². The zero-order valence-corrected chi connectivity index (χ0v) is 16.2. The van der Waals surface area contributed by atoms with Crippen molar-refractivity contribution < 1.29 is 9.53 Å². The van der Waals surface area contributed by atoms with E-state index >= 15 is 0 Å². The van der Waals surface area contributed by atoms with Gasteiger partial charge >= 0.3 is 5.69 Å². The third-order valence-electron chi connectivity index (χ3n) is 4.40. The number of benzene rings is 1. The molecule has 1 aromatic carbocycles. The number of ether oxygens (including phenoxy) is 1. The minimum Gasteiger partial charge on any atom is -0.494 e. The van der Waals surface area contributed by atoms with Crippen LogP contribution in [0.25, 0.3) is 11.2 Å². The van der Waals surface area contributed by atoms with Crippen molar-refractivity contribution in [3.05, 3.63) is 55.4 Å². The van der Waals surface area contributed by atoms with E-state index in [-0.39, 0.29) is 28.8 Å². The van der Waals surface area contributed by atoms with Gasteiger partial charge in [0.05, 0.1) is 13.2 Å². The number of nitrogens with zero attached hydrogens (tertiary/aromatic N) is 4. The van der Waals surface area contributed by atoms with Crippen molar-refractivity contribution in [3.8, 4) is 5.75 Å². The number of halogens is 1. The first-order valence-electron chi connectivity index (χ1n) is 8.34. The molecule has 3 rings (SSSR count). The Hall–Kier alpha value is -2.87. The number of hydrogen-bond donors (Lipinski definition) is 0. The molecule has 0 atom stereocenters. The summed E-state index contributed by atoms with van der Waals surface area (Å²) in [5.74, 6) is 0.501. The average molecular weight is 391 g/mol. The molecule has 0 spiro atoms. The molecule has 0 aliphatic rings. The van der Waals surface area contributed by atoms with Crippen molar-refractivity contribution >= 4 is 28.5 Å². The Morgan fingerprint density at radius 2 is 1.93 bits per heavy atom. The summed E-state index contributed by atoms with van der Waals surface area (Å²) in [5, 5.41) is 0.0685. The topological polar surface area (TPSA) is 88.1 Å². The Kier molecular flexibility index (Phi) is 4.93. The highest BCUT2D eigenvalue weighted by molar-refractivity contribution is 6.29. The normalized spacial score (nSPS) is 11.1. The summed E-state index contributed by atoms with van der Waals surface area (Å²) in [6, 6.07) is 5.12. The molecular weight excluding hydrogens is 372 g/mol. The Morgan fingerprint density at radius 1 is 1.22 bits per heavy atom. The van der Waals surface area contributed by atoms with Gasteiger partial charge < -0.3 is 9.30 Å². The van der Waals surface area contributed by atoms with Crippen molar-refractivity contribution in [2.45, 2.75) is 20.4 Å². The Labute approximate surface area is 159 Å². The van der Waals surface area contributed by atoms with Gasteiger partial charge in [-0.15, -0.1) is 0 Å². The Bertz CT molecular complexity index is 1170. The first-order valence-corrected chi connectivity index (χ1v) is 8.72. The first kappa shape index (κ1) is 18.9. The lowest BCUT2D eigenvalue weighted by Gasteiger charge is -2.13. The molecule has 0 amide bonds. The van der Waals surface area contributed by atoms with Crippen LogP contribution in [0.5, 0.6) is 5.75 Å². The SMILES string of the molecule is CCOc1ccc(C(C)=O)cc1Cn1c(Cl)nc2c1c(=O)n(C)c(=O)n2C. The summed E-state index contributed by atoms with van der Waals surface area (Å²) in [5.41, 5.74) is 0.639. The van der Waals surface area contributed by atoms with Crippen LogP contribution >= 0.6 is 11.6 Å². The van der Waals surface area contributed by atoms with Crippen LogP contribution in [0.15, 0.2) is 27.8 Å². The van der Waals surface area contributed by atoms with Crippen molar-refractivity contribution in [2.24, 2.45) is 14.1 Å². The monoisotopic (exact) mass is 390 g/mol. The molecule has 3 aromatic rings. The minimum absolute atomic E-state index is 0.0685. The molecule has 9 heteroatoms. The van der Waals surface area contributed by atoms with Gasteiger partial charge in [-0.2, -0.15) is 4.98 Å². The van der Waals surface area contributed by atoms with Crippen molar-refractivity contribution in [3.63, 3.8) is 0 Å². The van der Waals surface area contributed by atoms with E-state index < -0.39 is 11.2 Å². The van der Waals surface area contributed by atoms with E-state index in [1.165, 1.54) is 30.2 Å². The average Bonchev–Trinajstić information content (AvgIpc) is 2.96. The highest BCUT2D eigenvalue weighted by atomic mass is 35.5. The number of aryl methyl sites for hydroxylation is 1. The van der Waals surface area contributed by atoms with E-state index in [1.54, 1.807) is 18.2 Å².